The molecule has 0 bridgehead atoms. The molecule has 124 valence electrons. The third-order valence-corrected chi connectivity index (χ3v) is 6.46. The van der Waals surface area contributed by atoms with Gasteiger partial charge in [-0.25, -0.2) is 0 Å². The van der Waals surface area contributed by atoms with Gasteiger partial charge in [-0.05, 0) is 44.7 Å². The van der Waals surface area contributed by atoms with E-state index in [4.69, 9.17) is 9.15 Å². The first-order chi connectivity index (χ1) is 10.6. The maximum absolute atomic E-state index is 13.0. The highest BCUT2D eigenvalue weighted by molar-refractivity contribution is 7.86. The fourth-order valence-corrected chi connectivity index (χ4v) is 5.32. The van der Waals surface area contributed by atoms with Crippen molar-refractivity contribution in [2.75, 3.05) is 26.2 Å². The van der Waals surface area contributed by atoms with Crippen molar-refractivity contribution in [2.24, 2.45) is 0 Å². The number of hydrogen-bond acceptors (Lipinski definition) is 4. The number of rotatable bonds is 5. The predicted octanol–water partition coefficient (Wildman–Crippen LogP) is 2.16. The van der Waals surface area contributed by atoms with E-state index in [-0.39, 0.29) is 12.1 Å². The first kappa shape index (κ1) is 16.0. The molecule has 0 spiro atoms. The van der Waals surface area contributed by atoms with Crippen LogP contribution in [0.3, 0.4) is 0 Å². The second-order valence-electron chi connectivity index (χ2n) is 5.87. The lowest BCUT2D eigenvalue weighted by molar-refractivity contribution is 0.0249. The van der Waals surface area contributed by atoms with Crippen molar-refractivity contribution in [2.45, 2.75) is 44.8 Å². The van der Waals surface area contributed by atoms with Crippen molar-refractivity contribution in [3.05, 3.63) is 24.2 Å². The summed E-state index contributed by atoms with van der Waals surface area (Å²) in [6, 6.07) is 3.50. The van der Waals surface area contributed by atoms with E-state index in [1.54, 1.807) is 14.9 Å². The van der Waals surface area contributed by atoms with Gasteiger partial charge >= 0.3 is 0 Å². The van der Waals surface area contributed by atoms with Crippen LogP contribution in [0, 0.1) is 0 Å². The normalized spacial score (nSPS) is 28.2. The van der Waals surface area contributed by atoms with Gasteiger partial charge in [0.2, 0.25) is 0 Å². The summed E-state index contributed by atoms with van der Waals surface area (Å²) in [5.41, 5.74) is 0. The van der Waals surface area contributed by atoms with Crippen LogP contribution in [0.4, 0.5) is 0 Å². The molecule has 3 rings (SSSR count). The highest BCUT2D eigenvalue weighted by Crippen LogP contribution is 2.36. The summed E-state index contributed by atoms with van der Waals surface area (Å²) in [7, 11) is -3.46. The smallest absolute Gasteiger partial charge is 0.282 e. The summed E-state index contributed by atoms with van der Waals surface area (Å²) >= 11 is 0. The van der Waals surface area contributed by atoms with E-state index in [1.165, 1.54) is 0 Å². The van der Waals surface area contributed by atoms with Gasteiger partial charge in [-0.15, -0.1) is 0 Å². The lowest BCUT2D eigenvalue weighted by atomic mass is 10.1. The van der Waals surface area contributed by atoms with Crippen molar-refractivity contribution in [1.29, 1.82) is 0 Å². The van der Waals surface area contributed by atoms with Gasteiger partial charge in [0.15, 0.2) is 0 Å². The molecule has 1 aromatic rings. The Bertz CT molecular complexity index is 570. The Balaban J connectivity index is 1.77. The van der Waals surface area contributed by atoms with Crippen LogP contribution < -0.4 is 0 Å². The summed E-state index contributed by atoms with van der Waals surface area (Å²) < 4.78 is 40.2. The lowest BCUT2D eigenvalue weighted by Crippen LogP contribution is -2.49. The molecule has 0 aliphatic carbocycles. The average Bonchev–Trinajstić information content (AvgIpc) is 3.19. The number of piperidine rings is 1. The van der Waals surface area contributed by atoms with Crippen LogP contribution >= 0.6 is 0 Å². The minimum absolute atomic E-state index is 0.0122. The van der Waals surface area contributed by atoms with Gasteiger partial charge in [0, 0.05) is 26.2 Å². The Morgan fingerprint density at radius 2 is 2.14 bits per heavy atom. The third kappa shape index (κ3) is 3.08. The van der Waals surface area contributed by atoms with Crippen LogP contribution in [-0.2, 0) is 14.9 Å². The summed E-state index contributed by atoms with van der Waals surface area (Å²) in [4.78, 5) is 0. The molecule has 0 N–H and O–H groups in total. The Morgan fingerprint density at radius 3 is 2.86 bits per heavy atom. The highest BCUT2D eigenvalue weighted by atomic mass is 32.2. The van der Waals surface area contributed by atoms with Crippen LogP contribution in [0.15, 0.2) is 22.8 Å². The summed E-state index contributed by atoms with van der Waals surface area (Å²) in [5.74, 6) is 0.736. The zero-order valence-corrected chi connectivity index (χ0v) is 13.8. The van der Waals surface area contributed by atoms with Crippen LogP contribution in [-0.4, -0.2) is 49.4 Å². The number of nitrogens with zero attached hydrogens (tertiary/aromatic N) is 2. The molecule has 0 unspecified atom stereocenters. The molecule has 0 aromatic carbocycles. The number of furan rings is 1. The van der Waals surface area contributed by atoms with Crippen molar-refractivity contribution >= 4 is 10.2 Å². The molecule has 2 aliphatic heterocycles. The van der Waals surface area contributed by atoms with Crippen LogP contribution in [0.2, 0.25) is 0 Å². The molecule has 0 saturated carbocycles. The Kier molecular flexibility index (Phi) is 4.87. The standard InChI is InChI=1S/C15H24N2O4S/c1-2-20-13-6-3-9-16(12-13)22(18,19)17-10-4-7-14(17)15-8-5-11-21-15/h5,8,11,13-14H,2-4,6-7,9-10,12H2,1H3/t13-,14-/m0/s1. The van der Waals surface area contributed by atoms with E-state index in [1.807, 2.05) is 19.1 Å². The van der Waals surface area contributed by atoms with Crippen molar-refractivity contribution < 1.29 is 17.6 Å². The Morgan fingerprint density at radius 1 is 1.32 bits per heavy atom. The fourth-order valence-electron chi connectivity index (χ4n) is 3.42. The Hall–Kier alpha value is -0.890. The quantitative estimate of drug-likeness (QED) is 0.831. The largest absolute Gasteiger partial charge is 0.468 e. The summed E-state index contributed by atoms with van der Waals surface area (Å²) in [6.07, 6.45) is 5.08. The van der Waals surface area contributed by atoms with Crippen LogP contribution in [0.25, 0.3) is 0 Å². The van der Waals surface area contributed by atoms with Crippen molar-refractivity contribution in [3.8, 4) is 0 Å². The first-order valence-corrected chi connectivity index (χ1v) is 9.44. The molecule has 2 aliphatic rings. The fraction of sp³-hybridized carbons (Fsp3) is 0.733. The SMILES string of the molecule is CCO[C@H]1CCCN(S(=O)(=O)N2CCC[C@H]2c2ccco2)C1. The third-order valence-electron chi connectivity index (χ3n) is 4.44. The van der Waals surface area contributed by atoms with Gasteiger partial charge in [-0.1, -0.05) is 0 Å². The summed E-state index contributed by atoms with van der Waals surface area (Å²) in [6.45, 7) is 4.16. The van der Waals surface area contributed by atoms with Gasteiger partial charge in [-0.2, -0.15) is 17.0 Å². The molecule has 0 radical (unpaired) electrons. The van der Waals surface area contributed by atoms with Gasteiger partial charge < -0.3 is 9.15 Å². The van der Waals surface area contributed by atoms with Gasteiger partial charge in [-0.3, -0.25) is 0 Å². The molecule has 0 amide bonds. The molecule has 1 aromatic heterocycles. The molecule has 3 heterocycles. The van der Waals surface area contributed by atoms with Gasteiger partial charge in [0.05, 0.1) is 18.4 Å². The minimum Gasteiger partial charge on any atom is -0.468 e. The zero-order chi connectivity index (χ0) is 15.6. The first-order valence-electron chi connectivity index (χ1n) is 8.05. The maximum Gasteiger partial charge on any atom is 0.282 e. The minimum atomic E-state index is -3.46. The molecule has 2 atom stereocenters. The Labute approximate surface area is 132 Å². The lowest BCUT2D eigenvalue weighted by Gasteiger charge is -2.35. The second-order valence-corrected chi connectivity index (χ2v) is 7.75. The molecular weight excluding hydrogens is 304 g/mol. The van der Waals surface area contributed by atoms with E-state index in [0.29, 0.717) is 26.2 Å². The topological polar surface area (TPSA) is 63.0 Å². The molecule has 6 nitrogen and oxygen atoms in total. The molecule has 2 fully saturated rings. The van der Waals surface area contributed by atoms with E-state index in [0.717, 1.165) is 31.4 Å². The number of hydrogen-bond donors (Lipinski definition) is 0. The second kappa shape index (κ2) is 6.70. The van der Waals surface area contributed by atoms with E-state index < -0.39 is 10.2 Å². The van der Waals surface area contributed by atoms with Crippen LogP contribution in [0.5, 0.6) is 0 Å². The van der Waals surface area contributed by atoms with E-state index >= 15 is 0 Å². The van der Waals surface area contributed by atoms with Gasteiger partial charge in [0.25, 0.3) is 10.2 Å². The van der Waals surface area contributed by atoms with Gasteiger partial charge in [0.1, 0.15) is 5.76 Å². The van der Waals surface area contributed by atoms with E-state index in [9.17, 15) is 8.42 Å². The molecule has 7 heteroatoms. The summed E-state index contributed by atoms with van der Waals surface area (Å²) in [5, 5.41) is 0. The van der Waals surface area contributed by atoms with E-state index in [2.05, 4.69) is 0 Å². The average molecular weight is 328 g/mol. The van der Waals surface area contributed by atoms with Crippen molar-refractivity contribution in [3.63, 3.8) is 0 Å². The predicted molar refractivity (Wildman–Crippen MR) is 82.5 cm³/mol. The highest BCUT2D eigenvalue weighted by Gasteiger charge is 2.41. The molecular formula is C15H24N2O4S. The van der Waals surface area contributed by atoms with Crippen molar-refractivity contribution in [1.82, 2.24) is 8.61 Å². The number of ether oxygens (including phenoxy) is 1. The maximum atomic E-state index is 13.0. The molecule has 2 saturated heterocycles. The monoisotopic (exact) mass is 328 g/mol. The van der Waals surface area contributed by atoms with Crippen LogP contribution in [0.1, 0.15) is 44.4 Å². The molecule has 22 heavy (non-hydrogen) atoms. The zero-order valence-electron chi connectivity index (χ0n) is 13.0.